The van der Waals surface area contributed by atoms with Crippen molar-refractivity contribution in [2.45, 2.75) is 59.1 Å². The summed E-state index contributed by atoms with van der Waals surface area (Å²) in [5, 5.41) is 0. The fourth-order valence-electron chi connectivity index (χ4n) is 1.36. The maximum absolute atomic E-state index is 10.8. The molecule has 2 nitrogen and oxygen atoms in total. The van der Waals surface area contributed by atoms with Crippen LogP contribution in [-0.4, -0.2) is 12.9 Å². The Bertz CT molecular complexity index is 129. The second-order valence-corrected chi connectivity index (χ2v) is 3.52. The summed E-state index contributed by atoms with van der Waals surface area (Å²) in [6, 6.07) is 0. The molecule has 0 radical (unpaired) electrons. The van der Waals surface area contributed by atoms with Crippen molar-refractivity contribution in [2.75, 3.05) is 0 Å². The van der Waals surface area contributed by atoms with Crippen molar-refractivity contribution in [3.05, 3.63) is 0 Å². The van der Waals surface area contributed by atoms with Crippen molar-refractivity contribution in [2.24, 2.45) is 0 Å². The van der Waals surface area contributed by atoms with Gasteiger partial charge in [-0.25, -0.2) is 0 Å². The van der Waals surface area contributed by atoms with Crippen LogP contribution in [0.4, 0.5) is 0 Å². The summed E-state index contributed by atoms with van der Waals surface area (Å²) in [7, 11) is 0. The van der Waals surface area contributed by atoms with Crippen molar-refractivity contribution in [1.82, 2.24) is 0 Å². The normalized spacial score (nSPS) is 9.77. The first kappa shape index (κ1) is 12.5. The molecule has 0 saturated carbocycles. The van der Waals surface area contributed by atoms with Crippen LogP contribution in [0.25, 0.3) is 0 Å². The van der Waals surface area contributed by atoms with Gasteiger partial charge in [-0.1, -0.05) is 39.5 Å². The fraction of sp³-hybridized carbons (Fsp3) is 0.900. The molecular formula is C10H21BO2. The highest BCUT2D eigenvalue weighted by atomic mass is 16.5. The standard InChI is InChI=1S/C10H21BO2/c1-4-6-8-11(9-7-5-2)13-10(3)12/h4-9H2,1-3H3. The van der Waals surface area contributed by atoms with Crippen LogP contribution >= 0.6 is 0 Å². The minimum absolute atomic E-state index is 0.141. The third-order valence-electron chi connectivity index (χ3n) is 2.09. The van der Waals surface area contributed by atoms with Gasteiger partial charge in [-0.05, 0) is 12.6 Å². The van der Waals surface area contributed by atoms with Crippen LogP contribution in [0.3, 0.4) is 0 Å². The summed E-state index contributed by atoms with van der Waals surface area (Å²) in [6.07, 6.45) is 6.70. The fourth-order valence-corrected chi connectivity index (χ4v) is 1.36. The molecule has 0 bridgehead atoms. The van der Waals surface area contributed by atoms with Gasteiger partial charge in [0.05, 0.1) is 0 Å². The van der Waals surface area contributed by atoms with Gasteiger partial charge in [-0.15, -0.1) is 0 Å². The molecule has 0 spiro atoms. The van der Waals surface area contributed by atoms with E-state index in [0.29, 0.717) is 0 Å². The molecule has 0 aromatic rings. The lowest BCUT2D eigenvalue weighted by atomic mass is 9.59. The van der Waals surface area contributed by atoms with Crippen LogP contribution in [-0.2, 0) is 9.45 Å². The second kappa shape index (κ2) is 8.15. The SMILES string of the molecule is CCCCB(CCCC)OC(C)=O. The zero-order valence-corrected chi connectivity index (χ0v) is 9.14. The van der Waals surface area contributed by atoms with E-state index in [9.17, 15) is 4.79 Å². The summed E-state index contributed by atoms with van der Waals surface area (Å²) in [4.78, 5) is 10.8. The second-order valence-electron chi connectivity index (χ2n) is 3.52. The van der Waals surface area contributed by atoms with Gasteiger partial charge in [-0.2, -0.15) is 0 Å². The summed E-state index contributed by atoms with van der Waals surface area (Å²) >= 11 is 0. The van der Waals surface area contributed by atoms with E-state index in [1.165, 1.54) is 19.8 Å². The first-order valence-electron chi connectivity index (χ1n) is 5.37. The highest BCUT2D eigenvalue weighted by molar-refractivity contribution is 6.53. The molecule has 0 rings (SSSR count). The van der Waals surface area contributed by atoms with Gasteiger partial charge in [0, 0.05) is 6.92 Å². The molecule has 3 heteroatoms. The van der Waals surface area contributed by atoms with Crippen molar-refractivity contribution < 1.29 is 9.45 Å². The van der Waals surface area contributed by atoms with Crippen LogP contribution < -0.4 is 0 Å². The molecule has 0 unspecified atom stereocenters. The maximum Gasteiger partial charge on any atom is 0.361 e. The van der Waals surface area contributed by atoms with Gasteiger partial charge in [0.15, 0.2) is 0 Å². The highest BCUT2D eigenvalue weighted by Crippen LogP contribution is 2.10. The summed E-state index contributed by atoms with van der Waals surface area (Å²) in [6.45, 7) is 5.97. The van der Waals surface area contributed by atoms with Crippen LogP contribution in [0.15, 0.2) is 0 Å². The predicted octanol–water partition coefficient (Wildman–Crippen LogP) is 3.14. The Labute approximate surface area is 82.2 Å². The molecule has 0 amide bonds. The monoisotopic (exact) mass is 184 g/mol. The molecule has 0 aromatic heterocycles. The lowest BCUT2D eigenvalue weighted by Crippen LogP contribution is -2.20. The summed E-state index contributed by atoms with van der Waals surface area (Å²) in [5.74, 6) is -0.141. The largest absolute Gasteiger partial charge is 0.537 e. The number of hydrogen-bond donors (Lipinski definition) is 0. The van der Waals surface area contributed by atoms with Crippen LogP contribution in [0.2, 0.25) is 12.6 Å². The van der Waals surface area contributed by atoms with Crippen LogP contribution in [0.5, 0.6) is 0 Å². The Kier molecular flexibility index (Phi) is 7.86. The molecule has 13 heavy (non-hydrogen) atoms. The Hall–Kier alpha value is -0.465. The van der Waals surface area contributed by atoms with Crippen molar-refractivity contribution in [3.8, 4) is 0 Å². The number of rotatable bonds is 7. The molecule has 0 aliphatic rings. The Balaban J connectivity index is 3.66. The van der Waals surface area contributed by atoms with E-state index in [0.717, 1.165) is 25.5 Å². The number of carbonyl (C=O) groups is 1. The first-order chi connectivity index (χ1) is 6.20. The van der Waals surface area contributed by atoms with Crippen molar-refractivity contribution in [1.29, 1.82) is 0 Å². The number of unbranched alkanes of at least 4 members (excludes halogenated alkanes) is 2. The summed E-state index contributed by atoms with van der Waals surface area (Å²) < 4.78 is 5.22. The Morgan fingerprint density at radius 3 is 1.92 bits per heavy atom. The number of hydrogen-bond acceptors (Lipinski definition) is 2. The summed E-state index contributed by atoms with van der Waals surface area (Å²) in [5.41, 5.74) is 0. The van der Waals surface area contributed by atoms with Crippen molar-refractivity contribution in [3.63, 3.8) is 0 Å². The average molecular weight is 184 g/mol. The molecule has 0 aliphatic heterocycles. The van der Waals surface area contributed by atoms with E-state index in [1.807, 2.05) is 0 Å². The van der Waals surface area contributed by atoms with Gasteiger partial charge in [0.2, 0.25) is 0 Å². The van der Waals surface area contributed by atoms with Gasteiger partial charge in [0.25, 0.3) is 5.97 Å². The molecule has 0 aromatic carbocycles. The van der Waals surface area contributed by atoms with E-state index in [4.69, 9.17) is 4.65 Å². The molecular weight excluding hydrogens is 163 g/mol. The molecule has 0 N–H and O–H groups in total. The van der Waals surface area contributed by atoms with Gasteiger partial charge in [-0.3, -0.25) is 4.79 Å². The third-order valence-corrected chi connectivity index (χ3v) is 2.09. The quantitative estimate of drug-likeness (QED) is 0.568. The third kappa shape index (κ3) is 7.88. The minimum atomic E-state index is -0.141. The van der Waals surface area contributed by atoms with Gasteiger partial charge >= 0.3 is 6.92 Å². The van der Waals surface area contributed by atoms with E-state index >= 15 is 0 Å². The lowest BCUT2D eigenvalue weighted by Gasteiger charge is -2.11. The molecule has 0 atom stereocenters. The molecule has 0 fully saturated rings. The number of carbonyl (C=O) groups excluding carboxylic acids is 1. The zero-order chi connectivity index (χ0) is 10.1. The van der Waals surface area contributed by atoms with Crippen LogP contribution in [0, 0.1) is 0 Å². The molecule has 76 valence electrons. The topological polar surface area (TPSA) is 26.3 Å². The maximum atomic E-state index is 10.8. The lowest BCUT2D eigenvalue weighted by molar-refractivity contribution is -0.132. The first-order valence-corrected chi connectivity index (χ1v) is 5.37. The van der Waals surface area contributed by atoms with E-state index in [1.54, 1.807) is 0 Å². The smallest absolute Gasteiger partial charge is 0.361 e. The van der Waals surface area contributed by atoms with E-state index < -0.39 is 0 Å². The molecule has 0 saturated heterocycles. The minimum Gasteiger partial charge on any atom is -0.537 e. The predicted molar refractivity (Wildman–Crippen MR) is 57.0 cm³/mol. The van der Waals surface area contributed by atoms with Gasteiger partial charge in [0.1, 0.15) is 0 Å². The van der Waals surface area contributed by atoms with Gasteiger partial charge < -0.3 is 4.65 Å². The molecule has 0 heterocycles. The highest BCUT2D eigenvalue weighted by Gasteiger charge is 2.16. The van der Waals surface area contributed by atoms with E-state index in [2.05, 4.69) is 13.8 Å². The van der Waals surface area contributed by atoms with Crippen molar-refractivity contribution >= 4 is 12.9 Å². The van der Waals surface area contributed by atoms with Crippen LogP contribution in [0.1, 0.15) is 46.5 Å². The molecule has 0 aliphatic carbocycles. The zero-order valence-electron chi connectivity index (χ0n) is 9.14. The van der Waals surface area contributed by atoms with E-state index in [-0.39, 0.29) is 12.9 Å². The average Bonchev–Trinajstić information content (AvgIpc) is 2.09. The Morgan fingerprint density at radius 1 is 1.15 bits per heavy atom. The Morgan fingerprint density at radius 2 is 1.62 bits per heavy atom.